The molecule has 0 saturated carbocycles. The van der Waals surface area contributed by atoms with Crippen LogP contribution in [-0.2, 0) is 11.3 Å². The second kappa shape index (κ2) is 8.77. The first kappa shape index (κ1) is 20.6. The van der Waals surface area contributed by atoms with E-state index in [9.17, 15) is 18.0 Å². The van der Waals surface area contributed by atoms with E-state index in [2.05, 4.69) is 5.32 Å². The minimum atomic E-state index is -1.63. The molecule has 0 aliphatic rings. The number of hydrogen-bond acceptors (Lipinski definition) is 4. The Bertz CT molecular complexity index is 830. The molecule has 8 heteroatoms. The van der Waals surface area contributed by atoms with Gasteiger partial charge < -0.3 is 14.8 Å². The molecule has 2 rings (SSSR count). The van der Waals surface area contributed by atoms with Crippen molar-refractivity contribution in [2.75, 3.05) is 26.6 Å². The summed E-state index contributed by atoms with van der Waals surface area (Å²) in [6.45, 7) is 1.98. The molecule has 27 heavy (non-hydrogen) atoms. The Morgan fingerprint density at radius 2 is 1.81 bits per heavy atom. The number of amides is 1. The van der Waals surface area contributed by atoms with Crippen LogP contribution in [0.5, 0.6) is 11.5 Å². The van der Waals surface area contributed by atoms with Gasteiger partial charge in [0.15, 0.2) is 17.5 Å². The maximum atomic E-state index is 13.7. The molecule has 0 unspecified atom stereocenters. The molecular formula is C19H21F3N2O3. The van der Waals surface area contributed by atoms with Crippen LogP contribution < -0.4 is 14.8 Å². The van der Waals surface area contributed by atoms with Gasteiger partial charge in [0.2, 0.25) is 5.91 Å². The van der Waals surface area contributed by atoms with Crippen molar-refractivity contribution in [3.8, 4) is 11.5 Å². The number of nitrogens with one attached hydrogen (secondary N) is 1. The predicted molar refractivity (Wildman–Crippen MR) is 95.4 cm³/mol. The fourth-order valence-corrected chi connectivity index (χ4v) is 2.45. The number of nitrogens with zero attached hydrogens (tertiary/aromatic N) is 1. The molecule has 146 valence electrons. The van der Waals surface area contributed by atoms with Crippen molar-refractivity contribution in [3.63, 3.8) is 0 Å². The lowest BCUT2D eigenvalue weighted by molar-refractivity contribution is -0.120. The van der Waals surface area contributed by atoms with Gasteiger partial charge in [-0.2, -0.15) is 0 Å². The third-order valence-electron chi connectivity index (χ3n) is 4.25. The molecule has 0 spiro atoms. The van der Waals surface area contributed by atoms with Crippen LogP contribution >= 0.6 is 0 Å². The van der Waals surface area contributed by atoms with Gasteiger partial charge in [-0.3, -0.25) is 9.69 Å². The quantitative estimate of drug-likeness (QED) is 0.744. The molecule has 0 aliphatic heterocycles. The van der Waals surface area contributed by atoms with Gasteiger partial charge in [0.05, 0.1) is 25.9 Å². The Morgan fingerprint density at radius 1 is 1.11 bits per heavy atom. The first-order valence-corrected chi connectivity index (χ1v) is 8.14. The fourth-order valence-electron chi connectivity index (χ4n) is 2.45. The highest BCUT2D eigenvalue weighted by atomic mass is 19.2. The number of anilines is 1. The minimum Gasteiger partial charge on any atom is -0.497 e. The maximum absolute atomic E-state index is 13.7. The molecule has 0 aliphatic carbocycles. The lowest BCUT2D eigenvalue weighted by atomic mass is 10.1. The summed E-state index contributed by atoms with van der Waals surface area (Å²) in [5, 5.41) is 2.28. The maximum Gasteiger partial charge on any atom is 0.241 e. The van der Waals surface area contributed by atoms with Crippen LogP contribution in [-0.4, -0.2) is 38.1 Å². The summed E-state index contributed by atoms with van der Waals surface area (Å²) in [7, 11) is 4.78. The molecule has 0 saturated heterocycles. The predicted octanol–water partition coefficient (Wildman–Crippen LogP) is 3.58. The SMILES string of the molecule is COc1ccc(CN(C)[C@@H](C)C(=O)Nc2ccc(F)c(F)c2F)c(OC)c1. The molecule has 1 N–H and O–H groups in total. The van der Waals surface area contributed by atoms with E-state index in [-0.39, 0.29) is 0 Å². The topological polar surface area (TPSA) is 50.8 Å². The number of carbonyl (C=O) groups excluding carboxylic acids is 1. The van der Waals surface area contributed by atoms with Crippen molar-refractivity contribution >= 4 is 11.6 Å². The third kappa shape index (κ3) is 4.71. The number of carbonyl (C=O) groups is 1. The highest BCUT2D eigenvalue weighted by molar-refractivity contribution is 5.94. The second-order valence-corrected chi connectivity index (χ2v) is 5.98. The molecular weight excluding hydrogens is 361 g/mol. The van der Waals surface area contributed by atoms with E-state index in [0.717, 1.165) is 17.7 Å². The summed E-state index contributed by atoms with van der Waals surface area (Å²) in [5.74, 6) is -3.71. The zero-order valence-electron chi connectivity index (χ0n) is 15.5. The molecule has 1 amide bonds. The largest absolute Gasteiger partial charge is 0.497 e. The van der Waals surface area contributed by atoms with Gasteiger partial charge in [0.25, 0.3) is 0 Å². The lowest BCUT2D eigenvalue weighted by Crippen LogP contribution is -2.39. The van der Waals surface area contributed by atoms with Gasteiger partial charge in [0.1, 0.15) is 11.5 Å². The van der Waals surface area contributed by atoms with Crippen LogP contribution in [0.25, 0.3) is 0 Å². The number of ether oxygens (including phenoxy) is 2. The number of halogens is 3. The van der Waals surface area contributed by atoms with Gasteiger partial charge in [-0.1, -0.05) is 6.07 Å². The smallest absolute Gasteiger partial charge is 0.241 e. The zero-order chi connectivity index (χ0) is 20.1. The molecule has 0 aromatic heterocycles. The van der Waals surface area contributed by atoms with Crippen molar-refractivity contribution in [2.24, 2.45) is 0 Å². The van der Waals surface area contributed by atoms with Gasteiger partial charge >= 0.3 is 0 Å². The summed E-state index contributed by atoms with van der Waals surface area (Å²) in [6.07, 6.45) is 0. The molecule has 2 aromatic rings. The van der Waals surface area contributed by atoms with E-state index in [1.807, 2.05) is 6.07 Å². The molecule has 0 heterocycles. The van der Waals surface area contributed by atoms with E-state index in [0.29, 0.717) is 18.0 Å². The highest BCUT2D eigenvalue weighted by Gasteiger charge is 2.22. The summed E-state index contributed by atoms with van der Waals surface area (Å²) >= 11 is 0. The van der Waals surface area contributed by atoms with Crippen molar-refractivity contribution in [3.05, 3.63) is 53.3 Å². The normalized spacial score (nSPS) is 12.0. The number of benzene rings is 2. The Labute approximate surface area is 155 Å². The van der Waals surface area contributed by atoms with Gasteiger partial charge in [-0.05, 0) is 32.2 Å². The van der Waals surface area contributed by atoms with E-state index in [1.165, 1.54) is 7.11 Å². The number of methoxy groups -OCH3 is 2. The molecule has 0 fully saturated rings. The summed E-state index contributed by atoms with van der Waals surface area (Å²) in [6, 6.07) is 6.37. The molecule has 5 nitrogen and oxygen atoms in total. The molecule has 1 atom stereocenters. The summed E-state index contributed by atoms with van der Waals surface area (Å²) < 4.78 is 50.5. The van der Waals surface area contributed by atoms with Crippen molar-refractivity contribution in [1.29, 1.82) is 0 Å². The number of likely N-dealkylation sites (N-methyl/N-ethyl adjacent to an activating group) is 1. The van der Waals surface area contributed by atoms with E-state index < -0.39 is 35.1 Å². The van der Waals surface area contributed by atoms with Crippen LogP contribution in [0, 0.1) is 17.5 Å². The third-order valence-corrected chi connectivity index (χ3v) is 4.25. The summed E-state index contributed by atoms with van der Waals surface area (Å²) in [4.78, 5) is 14.1. The van der Waals surface area contributed by atoms with Crippen LogP contribution in [0.1, 0.15) is 12.5 Å². The monoisotopic (exact) mass is 382 g/mol. The van der Waals surface area contributed by atoms with E-state index in [4.69, 9.17) is 9.47 Å². The Morgan fingerprint density at radius 3 is 2.44 bits per heavy atom. The van der Waals surface area contributed by atoms with Gasteiger partial charge in [-0.15, -0.1) is 0 Å². The standard InChI is InChI=1S/C19H21F3N2O3/c1-11(19(25)23-15-8-7-14(20)17(21)18(15)22)24(2)10-12-5-6-13(26-3)9-16(12)27-4/h5-9,11H,10H2,1-4H3,(H,23,25)/t11-/m0/s1. The van der Waals surface area contributed by atoms with Gasteiger partial charge in [0, 0.05) is 18.2 Å². The first-order chi connectivity index (χ1) is 12.8. The highest BCUT2D eigenvalue weighted by Crippen LogP contribution is 2.26. The van der Waals surface area contributed by atoms with E-state index >= 15 is 0 Å². The van der Waals surface area contributed by atoms with E-state index in [1.54, 1.807) is 38.1 Å². The Balaban J connectivity index is 2.10. The van der Waals surface area contributed by atoms with Crippen molar-refractivity contribution in [2.45, 2.75) is 19.5 Å². The molecule has 0 radical (unpaired) electrons. The fraction of sp³-hybridized carbons (Fsp3) is 0.316. The van der Waals surface area contributed by atoms with Crippen LogP contribution in [0.4, 0.5) is 18.9 Å². The molecule has 2 aromatic carbocycles. The zero-order valence-corrected chi connectivity index (χ0v) is 15.5. The lowest BCUT2D eigenvalue weighted by Gasteiger charge is -2.25. The van der Waals surface area contributed by atoms with Crippen LogP contribution in [0.15, 0.2) is 30.3 Å². The van der Waals surface area contributed by atoms with Crippen molar-refractivity contribution in [1.82, 2.24) is 4.90 Å². The minimum absolute atomic E-state index is 0.363. The van der Waals surface area contributed by atoms with Crippen molar-refractivity contribution < 1.29 is 27.4 Å². The average molecular weight is 382 g/mol. The average Bonchev–Trinajstić information content (AvgIpc) is 2.67. The number of rotatable bonds is 7. The number of hydrogen-bond donors (Lipinski definition) is 1. The summed E-state index contributed by atoms with van der Waals surface area (Å²) in [5.41, 5.74) is 0.403. The Hall–Kier alpha value is -2.74. The Kier molecular flexibility index (Phi) is 6.68. The van der Waals surface area contributed by atoms with Gasteiger partial charge in [-0.25, -0.2) is 13.2 Å². The van der Waals surface area contributed by atoms with Crippen LogP contribution in [0.2, 0.25) is 0 Å². The molecule has 0 bridgehead atoms. The first-order valence-electron chi connectivity index (χ1n) is 8.14. The van der Waals surface area contributed by atoms with Crippen LogP contribution in [0.3, 0.4) is 0 Å². The second-order valence-electron chi connectivity index (χ2n) is 5.98.